The van der Waals surface area contributed by atoms with Crippen LogP contribution in [0.15, 0.2) is 23.2 Å². The zero-order valence-corrected chi connectivity index (χ0v) is 14.6. The van der Waals surface area contributed by atoms with Gasteiger partial charge in [-0.3, -0.25) is 4.99 Å². The van der Waals surface area contributed by atoms with Crippen LogP contribution in [-0.2, 0) is 6.54 Å². The van der Waals surface area contributed by atoms with Gasteiger partial charge in [0.1, 0.15) is 11.5 Å². The number of rotatable bonds is 8. The topological polar surface area (TPSA) is 54.9 Å². The van der Waals surface area contributed by atoms with E-state index in [9.17, 15) is 8.78 Å². The Morgan fingerprint density at radius 3 is 2.64 bits per heavy atom. The number of nitrogens with zero attached hydrogens (tertiary/aromatic N) is 1. The number of nitrogens with one attached hydrogen (secondary N) is 2. The van der Waals surface area contributed by atoms with Crippen molar-refractivity contribution in [2.45, 2.75) is 38.8 Å². The molecule has 3 rings (SSSR count). The number of alkyl halides is 2. The van der Waals surface area contributed by atoms with E-state index in [1.807, 2.05) is 0 Å². The molecule has 0 saturated heterocycles. The minimum absolute atomic E-state index is 0.135. The summed E-state index contributed by atoms with van der Waals surface area (Å²) in [7, 11) is 3.24. The molecule has 0 heterocycles. The van der Waals surface area contributed by atoms with Gasteiger partial charge in [-0.25, -0.2) is 0 Å². The summed E-state index contributed by atoms with van der Waals surface area (Å²) in [5, 5.41) is 6.54. The fourth-order valence-corrected chi connectivity index (χ4v) is 3.28. The van der Waals surface area contributed by atoms with E-state index >= 15 is 0 Å². The molecule has 1 aromatic rings. The number of ether oxygens (including phenoxy) is 2. The summed E-state index contributed by atoms with van der Waals surface area (Å²) in [4.78, 5) is 4.22. The molecule has 0 unspecified atom stereocenters. The summed E-state index contributed by atoms with van der Waals surface area (Å²) in [5.41, 5.74) is 1.04. The van der Waals surface area contributed by atoms with Crippen LogP contribution in [0.4, 0.5) is 8.78 Å². The number of benzene rings is 1. The van der Waals surface area contributed by atoms with Crippen molar-refractivity contribution in [1.29, 1.82) is 0 Å². The Balaban J connectivity index is 1.58. The van der Waals surface area contributed by atoms with Crippen molar-refractivity contribution in [2.24, 2.45) is 16.3 Å². The SMILES string of the molecule is CN=C(NCc1cc(OC)ccc1OC(F)F)NCC1(C2CC2)CC1. The van der Waals surface area contributed by atoms with Crippen LogP contribution in [0.5, 0.6) is 11.5 Å². The van der Waals surface area contributed by atoms with Crippen molar-refractivity contribution >= 4 is 5.96 Å². The van der Waals surface area contributed by atoms with Crippen molar-refractivity contribution in [3.05, 3.63) is 23.8 Å². The second-order valence-corrected chi connectivity index (χ2v) is 6.77. The van der Waals surface area contributed by atoms with Gasteiger partial charge in [-0.1, -0.05) is 0 Å². The van der Waals surface area contributed by atoms with Crippen LogP contribution in [0.25, 0.3) is 0 Å². The predicted molar refractivity (Wildman–Crippen MR) is 92.2 cm³/mol. The Hall–Kier alpha value is -2.05. The molecular weight excluding hydrogens is 328 g/mol. The quantitative estimate of drug-likeness (QED) is 0.557. The van der Waals surface area contributed by atoms with Crippen LogP contribution in [0.1, 0.15) is 31.2 Å². The van der Waals surface area contributed by atoms with Crippen molar-refractivity contribution in [1.82, 2.24) is 10.6 Å². The van der Waals surface area contributed by atoms with Gasteiger partial charge >= 0.3 is 6.61 Å². The molecule has 7 heteroatoms. The van der Waals surface area contributed by atoms with Crippen molar-refractivity contribution in [3.8, 4) is 11.5 Å². The molecule has 2 N–H and O–H groups in total. The van der Waals surface area contributed by atoms with Crippen LogP contribution in [0, 0.1) is 11.3 Å². The lowest BCUT2D eigenvalue weighted by atomic mass is 10.0. The molecule has 2 aliphatic rings. The number of aliphatic imine (C=N–C) groups is 1. The molecule has 0 atom stereocenters. The standard InChI is InChI=1S/C18H25F2N3O2/c1-21-17(23-11-18(7-8-18)13-3-4-13)22-10-12-9-14(24-2)5-6-15(12)25-16(19)20/h5-6,9,13,16H,3-4,7-8,10-11H2,1-2H3,(H2,21,22,23). The average molecular weight is 353 g/mol. The van der Waals surface area contributed by atoms with Gasteiger partial charge in [-0.2, -0.15) is 8.78 Å². The summed E-state index contributed by atoms with van der Waals surface area (Å²) < 4.78 is 34.9. The van der Waals surface area contributed by atoms with Crippen molar-refractivity contribution < 1.29 is 18.3 Å². The fourth-order valence-electron chi connectivity index (χ4n) is 3.28. The lowest BCUT2D eigenvalue weighted by Gasteiger charge is -2.19. The van der Waals surface area contributed by atoms with Crippen molar-refractivity contribution in [2.75, 3.05) is 20.7 Å². The largest absolute Gasteiger partial charge is 0.497 e. The second-order valence-electron chi connectivity index (χ2n) is 6.77. The maximum absolute atomic E-state index is 12.6. The predicted octanol–water partition coefficient (Wildman–Crippen LogP) is 3.15. The molecule has 2 aliphatic carbocycles. The molecule has 0 radical (unpaired) electrons. The summed E-state index contributed by atoms with van der Waals surface area (Å²) in [6, 6.07) is 4.77. The van der Waals surface area contributed by atoms with Gasteiger partial charge in [0.2, 0.25) is 0 Å². The molecule has 0 aliphatic heterocycles. The van der Waals surface area contributed by atoms with Crippen LogP contribution in [0.2, 0.25) is 0 Å². The molecular formula is C18H25F2N3O2. The van der Waals surface area contributed by atoms with Gasteiger partial charge in [-0.05, 0) is 55.2 Å². The van der Waals surface area contributed by atoms with E-state index in [1.165, 1.54) is 38.9 Å². The smallest absolute Gasteiger partial charge is 0.387 e. The van der Waals surface area contributed by atoms with E-state index in [-0.39, 0.29) is 5.75 Å². The highest BCUT2D eigenvalue weighted by Gasteiger charge is 2.53. The van der Waals surface area contributed by atoms with Gasteiger partial charge in [0, 0.05) is 25.7 Å². The van der Waals surface area contributed by atoms with Gasteiger partial charge < -0.3 is 20.1 Å². The molecule has 0 amide bonds. The van der Waals surface area contributed by atoms with Crippen LogP contribution >= 0.6 is 0 Å². The number of hydrogen-bond donors (Lipinski definition) is 2. The third-order valence-electron chi connectivity index (χ3n) is 5.10. The van der Waals surface area contributed by atoms with E-state index in [4.69, 9.17) is 4.74 Å². The van der Waals surface area contributed by atoms with E-state index in [1.54, 1.807) is 19.2 Å². The number of hydrogen-bond acceptors (Lipinski definition) is 3. The maximum Gasteiger partial charge on any atom is 0.387 e. The Morgan fingerprint density at radius 1 is 1.32 bits per heavy atom. The molecule has 5 nitrogen and oxygen atoms in total. The highest BCUT2D eigenvalue weighted by Crippen LogP contribution is 2.60. The fraction of sp³-hybridized carbons (Fsp3) is 0.611. The van der Waals surface area contributed by atoms with E-state index in [2.05, 4.69) is 20.4 Å². The van der Waals surface area contributed by atoms with E-state index < -0.39 is 6.61 Å². The molecule has 2 saturated carbocycles. The summed E-state index contributed by atoms with van der Waals surface area (Å²) in [5.74, 6) is 2.25. The zero-order valence-electron chi connectivity index (χ0n) is 14.6. The first kappa shape index (κ1) is 17.8. The highest BCUT2D eigenvalue weighted by atomic mass is 19.3. The first-order chi connectivity index (χ1) is 12.1. The lowest BCUT2D eigenvalue weighted by molar-refractivity contribution is -0.0504. The summed E-state index contributed by atoms with van der Waals surface area (Å²) in [6.07, 6.45) is 5.24. The van der Waals surface area contributed by atoms with E-state index in [0.717, 1.165) is 12.5 Å². The third kappa shape index (κ3) is 4.52. The Kier molecular flexibility index (Phi) is 5.30. The maximum atomic E-state index is 12.6. The Bertz CT molecular complexity index is 629. The number of guanidine groups is 1. The average Bonchev–Trinajstić information content (AvgIpc) is 3.48. The minimum atomic E-state index is -2.86. The van der Waals surface area contributed by atoms with Gasteiger partial charge in [0.15, 0.2) is 5.96 Å². The van der Waals surface area contributed by atoms with Gasteiger partial charge in [-0.15, -0.1) is 0 Å². The highest BCUT2D eigenvalue weighted by molar-refractivity contribution is 5.79. The molecule has 25 heavy (non-hydrogen) atoms. The molecule has 0 bridgehead atoms. The Morgan fingerprint density at radius 2 is 2.08 bits per heavy atom. The van der Waals surface area contributed by atoms with Crippen LogP contribution in [-0.4, -0.2) is 33.3 Å². The number of methoxy groups -OCH3 is 1. The minimum Gasteiger partial charge on any atom is -0.497 e. The number of halogens is 2. The van der Waals surface area contributed by atoms with Gasteiger partial charge in [0.05, 0.1) is 7.11 Å². The summed E-state index contributed by atoms with van der Waals surface area (Å²) >= 11 is 0. The summed E-state index contributed by atoms with van der Waals surface area (Å²) in [6.45, 7) is -1.64. The van der Waals surface area contributed by atoms with Gasteiger partial charge in [0.25, 0.3) is 0 Å². The molecule has 138 valence electrons. The normalized spacial score (nSPS) is 18.8. The first-order valence-corrected chi connectivity index (χ1v) is 8.62. The third-order valence-corrected chi connectivity index (χ3v) is 5.10. The van der Waals surface area contributed by atoms with Crippen LogP contribution in [0.3, 0.4) is 0 Å². The monoisotopic (exact) mass is 353 g/mol. The molecule has 0 spiro atoms. The van der Waals surface area contributed by atoms with Crippen LogP contribution < -0.4 is 20.1 Å². The van der Waals surface area contributed by atoms with Crippen molar-refractivity contribution in [3.63, 3.8) is 0 Å². The molecule has 2 fully saturated rings. The van der Waals surface area contributed by atoms with E-state index in [0.29, 0.717) is 29.2 Å². The first-order valence-electron chi connectivity index (χ1n) is 8.62. The molecule has 0 aromatic heterocycles. The zero-order chi connectivity index (χ0) is 17.9. The lowest BCUT2D eigenvalue weighted by Crippen LogP contribution is -2.40. The molecule has 1 aromatic carbocycles. The second kappa shape index (κ2) is 7.45. The Labute approximate surface area is 146 Å².